The molecule has 0 saturated carbocycles. The van der Waals surface area contributed by atoms with Crippen LogP contribution in [0.15, 0.2) is 47.4 Å². The summed E-state index contributed by atoms with van der Waals surface area (Å²) in [5.74, 6) is 0.515. The molecule has 0 saturated heterocycles. The van der Waals surface area contributed by atoms with Gasteiger partial charge >= 0.3 is 0 Å². The highest BCUT2D eigenvalue weighted by Gasteiger charge is 2.04. The van der Waals surface area contributed by atoms with Crippen LogP contribution in [0.2, 0.25) is 0 Å². The van der Waals surface area contributed by atoms with Crippen molar-refractivity contribution in [1.29, 1.82) is 0 Å². The fraction of sp³-hybridized carbons (Fsp3) is 0.214. The van der Waals surface area contributed by atoms with Crippen molar-refractivity contribution in [3.05, 3.63) is 52.9 Å². The van der Waals surface area contributed by atoms with Crippen molar-refractivity contribution in [1.82, 2.24) is 4.57 Å². The number of pyridine rings is 1. The monoisotopic (exact) mass is 260 g/mol. The van der Waals surface area contributed by atoms with Gasteiger partial charge in [0, 0.05) is 31.4 Å². The van der Waals surface area contributed by atoms with E-state index in [1.54, 1.807) is 36.5 Å². The van der Waals surface area contributed by atoms with Crippen LogP contribution < -0.4 is 16.0 Å². The fourth-order valence-corrected chi connectivity index (χ4v) is 1.69. The molecular formula is C14H16N2O3. The van der Waals surface area contributed by atoms with E-state index in [4.69, 9.17) is 15.6 Å². The molecule has 1 heterocycles. The molecule has 0 bridgehead atoms. The molecule has 0 aliphatic rings. The summed E-state index contributed by atoms with van der Waals surface area (Å²) >= 11 is 0. The van der Waals surface area contributed by atoms with Crippen LogP contribution in [0.3, 0.4) is 0 Å². The smallest absolute Gasteiger partial charge is 0.255 e. The molecule has 2 rings (SSSR count). The van der Waals surface area contributed by atoms with Gasteiger partial charge in [0.1, 0.15) is 5.75 Å². The van der Waals surface area contributed by atoms with Crippen LogP contribution in [-0.2, 0) is 0 Å². The van der Waals surface area contributed by atoms with Crippen molar-refractivity contribution in [2.75, 3.05) is 18.9 Å². The molecule has 0 unspecified atom stereocenters. The molecule has 2 aromatic rings. The summed E-state index contributed by atoms with van der Waals surface area (Å²) in [4.78, 5) is 11.7. The number of rotatable bonds is 5. The first-order chi connectivity index (χ1) is 9.22. The number of aliphatic hydroxyl groups excluding tert-OH is 1. The second-order valence-electron chi connectivity index (χ2n) is 4.06. The lowest BCUT2D eigenvalue weighted by atomic mass is 10.2. The molecule has 1 aromatic heterocycles. The number of nitrogens with two attached hydrogens (primary N) is 1. The van der Waals surface area contributed by atoms with Crippen molar-refractivity contribution >= 4 is 5.69 Å². The first-order valence-electron chi connectivity index (χ1n) is 6.03. The number of benzene rings is 1. The molecule has 0 aliphatic heterocycles. The van der Waals surface area contributed by atoms with Gasteiger partial charge in [-0.25, -0.2) is 0 Å². The van der Waals surface area contributed by atoms with Gasteiger partial charge in [-0.1, -0.05) is 6.07 Å². The summed E-state index contributed by atoms with van der Waals surface area (Å²) in [5.41, 5.74) is 6.89. The molecule has 19 heavy (non-hydrogen) atoms. The summed E-state index contributed by atoms with van der Waals surface area (Å²) in [6, 6.07) is 10.1. The number of hydrogen-bond acceptors (Lipinski definition) is 4. The van der Waals surface area contributed by atoms with Crippen molar-refractivity contribution in [3.63, 3.8) is 0 Å². The first-order valence-corrected chi connectivity index (χ1v) is 6.03. The normalized spacial score (nSPS) is 10.4. The number of anilines is 1. The molecule has 0 amide bonds. The molecule has 0 fully saturated rings. The molecule has 1 aromatic carbocycles. The van der Waals surface area contributed by atoms with Crippen LogP contribution in [0.1, 0.15) is 6.42 Å². The molecule has 0 spiro atoms. The first kappa shape index (κ1) is 13.2. The minimum absolute atomic E-state index is 0.0672. The van der Waals surface area contributed by atoms with Gasteiger partial charge in [-0.2, -0.15) is 0 Å². The third-order valence-electron chi connectivity index (χ3n) is 2.66. The second kappa shape index (κ2) is 6.06. The van der Waals surface area contributed by atoms with Crippen molar-refractivity contribution in [3.8, 4) is 11.4 Å². The number of hydrogen-bond donors (Lipinski definition) is 2. The van der Waals surface area contributed by atoms with E-state index in [1.165, 1.54) is 10.6 Å². The van der Waals surface area contributed by atoms with Crippen LogP contribution in [-0.4, -0.2) is 22.9 Å². The Balaban J connectivity index is 2.31. The lowest BCUT2D eigenvalue weighted by Gasteiger charge is -2.11. The predicted molar refractivity (Wildman–Crippen MR) is 73.6 cm³/mol. The van der Waals surface area contributed by atoms with E-state index < -0.39 is 0 Å². The van der Waals surface area contributed by atoms with E-state index in [1.807, 2.05) is 0 Å². The Morgan fingerprint density at radius 3 is 2.84 bits per heavy atom. The number of aliphatic hydroxyl groups is 1. The Hall–Kier alpha value is -2.27. The van der Waals surface area contributed by atoms with Crippen molar-refractivity contribution in [2.24, 2.45) is 0 Å². The second-order valence-corrected chi connectivity index (χ2v) is 4.06. The van der Waals surface area contributed by atoms with Gasteiger partial charge in [0.05, 0.1) is 18.0 Å². The Labute approximate surface area is 110 Å². The van der Waals surface area contributed by atoms with Gasteiger partial charge in [-0.15, -0.1) is 0 Å². The molecule has 5 heteroatoms. The highest BCUT2D eigenvalue weighted by atomic mass is 16.5. The maximum Gasteiger partial charge on any atom is 0.255 e. The third-order valence-corrected chi connectivity index (χ3v) is 2.66. The maximum absolute atomic E-state index is 11.7. The number of aromatic nitrogens is 1. The van der Waals surface area contributed by atoms with Gasteiger partial charge in [-0.3, -0.25) is 9.36 Å². The maximum atomic E-state index is 11.7. The van der Waals surface area contributed by atoms with E-state index in [0.29, 0.717) is 30.2 Å². The Kier molecular flexibility index (Phi) is 4.20. The Morgan fingerprint density at radius 2 is 2.11 bits per heavy atom. The Morgan fingerprint density at radius 1 is 1.26 bits per heavy atom. The zero-order valence-corrected chi connectivity index (χ0v) is 10.5. The molecule has 5 nitrogen and oxygen atoms in total. The minimum Gasteiger partial charge on any atom is -0.491 e. The van der Waals surface area contributed by atoms with Gasteiger partial charge in [0.25, 0.3) is 5.56 Å². The SMILES string of the molecule is Nc1ccc(-n2ccccc2=O)cc1OCCCO. The standard InChI is InChI=1S/C14H16N2O3/c15-12-6-5-11(10-13(12)19-9-3-8-17)16-7-2-1-4-14(16)18/h1-2,4-7,10,17H,3,8-9,15H2. The molecule has 0 radical (unpaired) electrons. The number of nitrogens with zero attached hydrogens (tertiary/aromatic N) is 1. The average Bonchev–Trinajstić information content (AvgIpc) is 2.42. The summed E-state index contributed by atoms with van der Waals surface area (Å²) in [6.45, 7) is 0.450. The third kappa shape index (κ3) is 3.14. The van der Waals surface area contributed by atoms with Crippen LogP contribution in [0.5, 0.6) is 5.75 Å². The summed E-state index contributed by atoms with van der Waals surface area (Å²) < 4.78 is 6.99. The van der Waals surface area contributed by atoms with E-state index in [2.05, 4.69) is 0 Å². The van der Waals surface area contributed by atoms with Crippen LogP contribution in [0.4, 0.5) is 5.69 Å². The molecular weight excluding hydrogens is 244 g/mol. The van der Waals surface area contributed by atoms with Gasteiger partial charge < -0.3 is 15.6 Å². The van der Waals surface area contributed by atoms with E-state index in [9.17, 15) is 4.79 Å². The topological polar surface area (TPSA) is 77.5 Å². The zero-order valence-electron chi connectivity index (χ0n) is 10.5. The summed E-state index contributed by atoms with van der Waals surface area (Å²) in [5, 5.41) is 8.73. The van der Waals surface area contributed by atoms with Gasteiger partial charge in [0.15, 0.2) is 0 Å². The largest absolute Gasteiger partial charge is 0.491 e. The number of ether oxygens (including phenoxy) is 1. The molecule has 0 aliphatic carbocycles. The lowest BCUT2D eigenvalue weighted by Crippen LogP contribution is -2.15. The van der Waals surface area contributed by atoms with Crippen molar-refractivity contribution < 1.29 is 9.84 Å². The molecule has 100 valence electrons. The molecule has 0 atom stereocenters. The van der Waals surface area contributed by atoms with E-state index >= 15 is 0 Å². The quantitative estimate of drug-likeness (QED) is 0.625. The average molecular weight is 260 g/mol. The van der Waals surface area contributed by atoms with Crippen LogP contribution in [0.25, 0.3) is 5.69 Å². The van der Waals surface area contributed by atoms with Gasteiger partial charge in [0.2, 0.25) is 0 Å². The fourth-order valence-electron chi connectivity index (χ4n) is 1.69. The highest BCUT2D eigenvalue weighted by Crippen LogP contribution is 2.24. The minimum atomic E-state index is -0.117. The van der Waals surface area contributed by atoms with Crippen molar-refractivity contribution in [2.45, 2.75) is 6.42 Å². The van der Waals surface area contributed by atoms with E-state index in [0.717, 1.165) is 0 Å². The predicted octanol–water partition coefficient (Wildman–Crippen LogP) is 1.18. The summed E-state index contributed by atoms with van der Waals surface area (Å²) in [6.07, 6.45) is 2.22. The van der Waals surface area contributed by atoms with Crippen LogP contribution in [0, 0.1) is 0 Å². The van der Waals surface area contributed by atoms with Crippen LogP contribution >= 0.6 is 0 Å². The molecule has 3 N–H and O–H groups in total. The zero-order chi connectivity index (χ0) is 13.7. The van der Waals surface area contributed by atoms with Gasteiger partial charge in [-0.05, 0) is 18.2 Å². The number of nitrogen functional groups attached to an aromatic ring is 1. The summed E-state index contributed by atoms with van der Waals surface area (Å²) in [7, 11) is 0. The van der Waals surface area contributed by atoms with E-state index in [-0.39, 0.29) is 12.2 Å². The highest BCUT2D eigenvalue weighted by molar-refractivity contribution is 5.57. The Bertz CT molecular complexity index is 608. The lowest BCUT2D eigenvalue weighted by molar-refractivity contribution is 0.234.